The van der Waals surface area contributed by atoms with Gasteiger partial charge in [0.25, 0.3) is 17.5 Å². The number of carbonyl (C=O) groups excluding carboxylic acids is 2. The Balaban J connectivity index is 1.53. The Bertz CT molecular complexity index is 1120. The topological polar surface area (TPSA) is 113 Å². The highest BCUT2D eigenvalue weighted by atomic mass is 32.1. The summed E-state index contributed by atoms with van der Waals surface area (Å²) in [7, 11) is 0. The third-order valence-electron chi connectivity index (χ3n) is 4.25. The Hall–Kier alpha value is -4.11. The molecule has 3 rings (SSSR count). The van der Waals surface area contributed by atoms with E-state index in [0.717, 1.165) is 5.56 Å². The Kier molecular flexibility index (Phi) is 7.02. The van der Waals surface area contributed by atoms with Gasteiger partial charge in [0.05, 0.1) is 4.92 Å². The highest BCUT2D eigenvalue weighted by Crippen LogP contribution is 2.13. The number of hydrogen-bond donors (Lipinski definition) is 3. The number of nitrogens with zero attached hydrogens (tertiary/aromatic N) is 1. The van der Waals surface area contributed by atoms with E-state index < -0.39 is 10.8 Å². The smallest absolute Gasteiger partial charge is 0.270 e. The minimum atomic E-state index is -0.578. The number of nitro groups is 1. The van der Waals surface area contributed by atoms with Crippen molar-refractivity contribution in [3.63, 3.8) is 0 Å². The molecule has 0 atom stereocenters. The maximum Gasteiger partial charge on any atom is 0.270 e. The second-order valence-electron chi connectivity index (χ2n) is 6.46. The number of non-ortho nitro benzene ring substituents is 1. The van der Waals surface area contributed by atoms with E-state index in [1.807, 2.05) is 30.3 Å². The molecule has 0 saturated heterocycles. The summed E-state index contributed by atoms with van der Waals surface area (Å²) in [6.45, 7) is 0.424. The number of amides is 2. The Morgan fingerprint density at radius 1 is 0.871 bits per heavy atom. The second kappa shape index (κ2) is 10.1. The first-order chi connectivity index (χ1) is 14.9. The highest BCUT2D eigenvalue weighted by Gasteiger charge is 2.13. The number of benzene rings is 3. The first kappa shape index (κ1) is 21.6. The minimum absolute atomic E-state index is 0.0257. The van der Waals surface area contributed by atoms with Crippen molar-refractivity contribution >= 4 is 40.5 Å². The summed E-state index contributed by atoms with van der Waals surface area (Å²) in [5, 5.41) is 19.0. The van der Waals surface area contributed by atoms with Crippen molar-refractivity contribution in [2.45, 2.75) is 6.54 Å². The van der Waals surface area contributed by atoms with E-state index >= 15 is 0 Å². The van der Waals surface area contributed by atoms with Gasteiger partial charge in [-0.25, -0.2) is 0 Å². The Morgan fingerprint density at radius 3 is 2.26 bits per heavy atom. The highest BCUT2D eigenvalue weighted by molar-refractivity contribution is 7.80. The van der Waals surface area contributed by atoms with E-state index in [1.54, 1.807) is 24.3 Å². The molecule has 0 aliphatic rings. The van der Waals surface area contributed by atoms with Crippen LogP contribution in [-0.4, -0.2) is 21.9 Å². The number of rotatable bonds is 6. The number of carbonyl (C=O) groups is 2. The molecule has 9 heteroatoms. The van der Waals surface area contributed by atoms with Crippen molar-refractivity contribution in [3.8, 4) is 0 Å². The van der Waals surface area contributed by atoms with Crippen molar-refractivity contribution in [2.75, 3.05) is 5.32 Å². The zero-order valence-corrected chi connectivity index (χ0v) is 17.0. The normalized spacial score (nSPS) is 10.1. The van der Waals surface area contributed by atoms with E-state index in [1.165, 1.54) is 24.3 Å². The Labute approximate surface area is 183 Å². The molecule has 0 fully saturated rings. The summed E-state index contributed by atoms with van der Waals surface area (Å²) in [5.41, 5.74) is 1.98. The van der Waals surface area contributed by atoms with Gasteiger partial charge in [0.2, 0.25) is 0 Å². The lowest BCUT2D eigenvalue weighted by Crippen LogP contribution is -2.34. The largest absolute Gasteiger partial charge is 0.348 e. The number of anilines is 1. The van der Waals surface area contributed by atoms with Crippen molar-refractivity contribution in [1.82, 2.24) is 10.6 Å². The van der Waals surface area contributed by atoms with Crippen LogP contribution in [0.3, 0.4) is 0 Å². The van der Waals surface area contributed by atoms with Gasteiger partial charge in [-0.1, -0.05) is 36.4 Å². The predicted molar refractivity (Wildman–Crippen MR) is 121 cm³/mol. The second-order valence-corrected chi connectivity index (χ2v) is 6.87. The first-order valence-corrected chi connectivity index (χ1v) is 9.62. The van der Waals surface area contributed by atoms with Crippen molar-refractivity contribution in [1.29, 1.82) is 0 Å². The average molecular weight is 434 g/mol. The monoisotopic (exact) mass is 434 g/mol. The minimum Gasteiger partial charge on any atom is -0.348 e. The molecule has 3 aromatic rings. The van der Waals surface area contributed by atoms with Gasteiger partial charge in [0.1, 0.15) is 0 Å². The van der Waals surface area contributed by atoms with Crippen LogP contribution in [0.1, 0.15) is 26.3 Å². The predicted octanol–water partition coefficient (Wildman–Crippen LogP) is 3.65. The van der Waals surface area contributed by atoms with Crippen molar-refractivity contribution < 1.29 is 14.5 Å². The quantitative estimate of drug-likeness (QED) is 0.310. The maximum atomic E-state index is 12.3. The SMILES string of the molecule is O=C(NCc1ccccc1)c1ccc(NC(=S)NC(=O)c2cccc([N+](=O)[O-])c2)cc1. The number of nitrogens with one attached hydrogen (secondary N) is 3. The molecular weight excluding hydrogens is 416 g/mol. The molecule has 0 aromatic heterocycles. The molecular formula is C22H18N4O4S. The van der Waals surface area contributed by atoms with Crippen LogP contribution < -0.4 is 16.0 Å². The van der Waals surface area contributed by atoms with Gasteiger partial charge < -0.3 is 10.6 Å². The zero-order valence-electron chi connectivity index (χ0n) is 16.2. The zero-order chi connectivity index (χ0) is 22.2. The lowest BCUT2D eigenvalue weighted by molar-refractivity contribution is -0.384. The van der Waals surface area contributed by atoms with Gasteiger partial charge in [-0.15, -0.1) is 0 Å². The van der Waals surface area contributed by atoms with Crippen LogP contribution in [0.4, 0.5) is 11.4 Å². The molecule has 156 valence electrons. The fourth-order valence-corrected chi connectivity index (χ4v) is 2.89. The summed E-state index contributed by atoms with van der Waals surface area (Å²) in [5.74, 6) is -0.782. The molecule has 2 amide bonds. The summed E-state index contributed by atoms with van der Waals surface area (Å²) < 4.78 is 0. The summed E-state index contributed by atoms with van der Waals surface area (Å²) >= 11 is 5.12. The van der Waals surface area contributed by atoms with Gasteiger partial charge in [-0.3, -0.25) is 25.0 Å². The fourth-order valence-electron chi connectivity index (χ4n) is 2.68. The summed E-state index contributed by atoms with van der Waals surface area (Å²) in [6, 6.07) is 21.5. The van der Waals surface area contributed by atoms with E-state index in [4.69, 9.17) is 12.2 Å². The molecule has 0 spiro atoms. The summed E-state index contributed by atoms with van der Waals surface area (Å²) in [6.07, 6.45) is 0. The molecule has 0 saturated carbocycles. The standard InChI is InChI=1S/C22H18N4O4S/c27-20(23-14-15-5-2-1-3-6-15)16-9-11-18(12-10-16)24-22(31)25-21(28)17-7-4-8-19(13-17)26(29)30/h1-13H,14H2,(H,23,27)(H2,24,25,28,31). The molecule has 31 heavy (non-hydrogen) atoms. The first-order valence-electron chi connectivity index (χ1n) is 9.21. The molecule has 0 unspecified atom stereocenters. The van der Waals surface area contributed by atoms with Crippen LogP contribution in [-0.2, 0) is 6.54 Å². The lowest BCUT2D eigenvalue weighted by atomic mass is 10.1. The van der Waals surface area contributed by atoms with Crippen LogP contribution in [0.5, 0.6) is 0 Å². The van der Waals surface area contributed by atoms with Crippen molar-refractivity contribution in [3.05, 3.63) is 106 Å². The number of hydrogen-bond acceptors (Lipinski definition) is 5. The van der Waals surface area contributed by atoms with E-state index in [-0.39, 0.29) is 22.3 Å². The molecule has 8 nitrogen and oxygen atoms in total. The third kappa shape index (κ3) is 6.18. The molecule has 3 aromatic carbocycles. The molecule has 3 N–H and O–H groups in total. The third-order valence-corrected chi connectivity index (χ3v) is 4.45. The van der Waals surface area contributed by atoms with Crippen LogP contribution in [0.15, 0.2) is 78.9 Å². The van der Waals surface area contributed by atoms with Crippen LogP contribution in [0, 0.1) is 10.1 Å². The summed E-state index contributed by atoms with van der Waals surface area (Å²) in [4.78, 5) is 34.8. The van der Waals surface area contributed by atoms with Crippen LogP contribution in [0.2, 0.25) is 0 Å². The number of thiocarbonyl (C=S) groups is 1. The fraction of sp³-hybridized carbons (Fsp3) is 0.0455. The molecule has 0 radical (unpaired) electrons. The van der Waals surface area contributed by atoms with Crippen LogP contribution >= 0.6 is 12.2 Å². The van der Waals surface area contributed by atoms with E-state index in [9.17, 15) is 19.7 Å². The Morgan fingerprint density at radius 2 is 1.58 bits per heavy atom. The van der Waals surface area contributed by atoms with Crippen molar-refractivity contribution in [2.24, 2.45) is 0 Å². The van der Waals surface area contributed by atoms with Gasteiger partial charge in [-0.05, 0) is 48.1 Å². The van der Waals surface area contributed by atoms with Gasteiger partial charge in [-0.2, -0.15) is 0 Å². The van der Waals surface area contributed by atoms with Gasteiger partial charge in [0.15, 0.2) is 5.11 Å². The van der Waals surface area contributed by atoms with Crippen LogP contribution in [0.25, 0.3) is 0 Å². The molecule has 0 aliphatic carbocycles. The lowest BCUT2D eigenvalue weighted by Gasteiger charge is -2.10. The molecule has 0 bridgehead atoms. The van der Waals surface area contributed by atoms with Gasteiger partial charge in [0, 0.05) is 35.5 Å². The average Bonchev–Trinajstić information content (AvgIpc) is 2.78. The number of nitro benzene ring substituents is 1. The molecule has 0 heterocycles. The molecule has 0 aliphatic heterocycles. The maximum absolute atomic E-state index is 12.3. The van der Waals surface area contributed by atoms with E-state index in [2.05, 4.69) is 16.0 Å². The van der Waals surface area contributed by atoms with E-state index in [0.29, 0.717) is 17.8 Å². The van der Waals surface area contributed by atoms with Gasteiger partial charge >= 0.3 is 0 Å².